The summed E-state index contributed by atoms with van der Waals surface area (Å²) in [5.41, 5.74) is 2.06. The fourth-order valence-corrected chi connectivity index (χ4v) is 3.43. The van der Waals surface area contributed by atoms with Gasteiger partial charge < -0.3 is 18.9 Å². The summed E-state index contributed by atoms with van der Waals surface area (Å²) in [5, 5.41) is 0. The highest BCUT2D eigenvalue weighted by molar-refractivity contribution is 5.70. The van der Waals surface area contributed by atoms with Crippen LogP contribution in [0.4, 0.5) is 0 Å². The number of hydrogen-bond donors (Lipinski definition) is 0. The van der Waals surface area contributed by atoms with E-state index < -0.39 is 12.6 Å². The van der Waals surface area contributed by atoms with Gasteiger partial charge in [-0.3, -0.25) is 9.59 Å². The molecule has 0 saturated heterocycles. The third-order valence-corrected chi connectivity index (χ3v) is 5.45. The maximum atomic E-state index is 12.2. The van der Waals surface area contributed by atoms with Crippen LogP contribution in [-0.2, 0) is 28.5 Å². The maximum Gasteiger partial charge on any atom is 0.308 e. The summed E-state index contributed by atoms with van der Waals surface area (Å²) in [6.07, 6.45) is 1.12. The van der Waals surface area contributed by atoms with Crippen LogP contribution < -0.4 is 0 Å². The molecule has 4 unspecified atom stereocenters. The van der Waals surface area contributed by atoms with Crippen LogP contribution in [0.15, 0.2) is 60.7 Å². The SMILES string of the molecule is CCC(OC(=O)CCCCC(=O)OC(CC)OC(C)c1ccccc1)OC(C)c1ccccc1. The van der Waals surface area contributed by atoms with Crippen molar-refractivity contribution in [3.63, 3.8) is 0 Å². The molecule has 0 saturated carbocycles. The second-order valence-corrected chi connectivity index (χ2v) is 8.24. The minimum absolute atomic E-state index is 0.174. The fraction of sp³-hybridized carbons (Fsp3) is 0.500. The highest BCUT2D eigenvalue weighted by atomic mass is 16.7. The fourth-order valence-electron chi connectivity index (χ4n) is 3.43. The number of esters is 2. The summed E-state index contributed by atoms with van der Waals surface area (Å²) in [5.74, 6) is -0.654. The van der Waals surface area contributed by atoms with Gasteiger partial charge in [-0.15, -0.1) is 0 Å². The summed E-state index contributed by atoms with van der Waals surface area (Å²) in [7, 11) is 0. The molecule has 0 spiro atoms. The van der Waals surface area contributed by atoms with E-state index in [1.165, 1.54) is 0 Å². The van der Waals surface area contributed by atoms with Crippen molar-refractivity contribution in [2.45, 2.75) is 91.0 Å². The zero-order chi connectivity index (χ0) is 24.8. The molecule has 0 fully saturated rings. The smallest absolute Gasteiger partial charge is 0.308 e. The molecule has 2 aromatic carbocycles. The van der Waals surface area contributed by atoms with Crippen molar-refractivity contribution in [2.24, 2.45) is 0 Å². The largest absolute Gasteiger partial charge is 0.436 e. The molecule has 6 heteroatoms. The van der Waals surface area contributed by atoms with Crippen molar-refractivity contribution in [3.05, 3.63) is 71.8 Å². The van der Waals surface area contributed by atoms with E-state index in [1.54, 1.807) is 0 Å². The van der Waals surface area contributed by atoms with Gasteiger partial charge in [0.25, 0.3) is 0 Å². The van der Waals surface area contributed by atoms with E-state index in [1.807, 2.05) is 88.4 Å². The number of unbranched alkanes of at least 4 members (excludes halogenated alkanes) is 1. The van der Waals surface area contributed by atoms with Gasteiger partial charge in [-0.1, -0.05) is 74.5 Å². The van der Waals surface area contributed by atoms with Crippen molar-refractivity contribution < 1.29 is 28.5 Å². The molecule has 2 aromatic rings. The third-order valence-electron chi connectivity index (χ3n) is 5.45. The number of carbonyl (C=O) groups is 2. The van der Waals surface area contributed by atoms with Gasteiger partial charge in [0.05, 0.1) is 12.2 Å². The Morgan fingerprint density at radius 1 is 0.647 bits per heavy atom. The molecule has 0 radical (unpaired) electrons. The van der Waals surface area contributed by atoms with Crippen LogP contribution in [0.25, 0.3) is 0 Å². The van der Waals surface area contributed by atoms with Gasteiger partial charge in [0, 0.05) is 25.7 Å². The minimum Gasteiger partial charge on any atom is -0.436 e. The highest BCUT2D eigenvalue weighted by Gasteiger charge is 2.19. The molecule has 34 heavy (non-hydrogen) atoms. The first-order valence-corrected chi connectivity index (χ1v) is 12.2. The molecule has 6 nitrogen and oxygen atoms in total. The Morgan fingerprint density at radius 2 is 1.00 bits per heavy atom. The lowest BCUT2D eigenvalue weighted by atomic mass is 10.1. The predicted molar refractivity (Wildman–Crippen MR) is 131 cm³/mol. The summed E-state index contributed by atoms with van der Waals surface area (Å²) in [6.45, 7) is 7.70. The van der Waals surface area contributed by atoms with Crippen molar-refractivity contribution in [1.29, 1.82) is 0 Å². The first-order chi connectivity index (χ1) is 16.4. The van der Waals surface area contributed by atoms with Crippen molar-refractivity contribution in [2.75, 3.05) is 0 Å². The molecule has 0 aliphatic carbocycles. The number of ether oxygens (including phenoxy) is 4. The van der Waals surface area contributed by atoms with Gasteiger partial charge in [0.2, 0.25) is 12.6 Å². The quantitative estimate of drug-likeness (QED) is 0.165. The Kier molecular flexibility index (Phi) is 12.4. The van der Waals surface area contributed by atoms with Crippen molar-refractivity contribution in [3.8, 4) is 0 Å². The summed E-state index contributed by atoms with van der Waals surface area (Å²) in [4.78, 5) is 24.4. The van der Waals surface area contributed by atoms with Crippen LogP contribution in [0, 0.1) is 0 Å². The lowest BCUT2D eigenvalue weighted by Crippen LogP contribution is -2.23. The van der Waals surface area contributed by atoms with E-state index >= 15 is 0 Å². The zero-order valence-electron chi connectivity index (χ0n) is 20.8. The van der Waals surface area contributed by atoms with Gasteiger partial charge in [-0.25, -0.2) is 0 Å². The lowest BCUT2D eigenvalue weighted by molar-refractivity contribution is -0.192. The summed E-state index contributed by atoms with van der Waals surface area (Å²) >= 11 is 0. The second-order valence-electron chi connectivity index (χ2n) is 8.24. The molecule has 0 aliphatic rings. The van der Waals surface area contributed by atoms with E-state index in [9.17, 15) is 9.59 Å². The summed E-state index contributed by atoms with van der Waals surface area (Å²) in [6, 6.07) is 19.6. The Labute approximate surface area is 203 Å². The van der Waals surface area contributed by atoms with E-state index in [0.29, 0.717) is 25.7 Å². The van der Waals surface area contributed by atoms with Crippen LogP contribution in [0.1, 0.15) is 89.6 Å². The van der Waals surface area contributed by atoms with Gasteiger partial charge in [0.1, 0.15) is 0 Å². The standard InChI is InChI=1S/C28H38O6/c1-5-27(31-21(3)23-15-9-7-10-16-23)33-25(29)19-13-14-20-26(30)34-28(6-2)32-22(4)24-17-11-8-12-18-24/h7-12,15-18,21-22,27-28H,5-6,13-14,19-20H2,1-4H3. The first-order valence-electron chi connectivity index (χ1n) is 12.2. The van der Waals surface area contributed by atoms with Gasteiger partial charge in [-0.05, 0) is 37.8 Å². The van der Waals surface area contributed by atoms with E-state index in [-0.39, 0.29) is 37.0 Å². The molecule has 186 valence electrons. The van der Waals surface area contributed by atoms with Gasteiger partial charge >= 0.3 is 11.9 Å². The monoisotopic (exact) mass is 470 g/mol. The second kappa shape index (κ2) is 15.3. The lowest BCUT2D eigenvalue weighted by Gasteiger charge is -2.22. The third kappa shape index (κ3) is 10.1. The first kappa shape index (κ1) is 27.5. The normalized spacial score (nSPS) is 14.6. The molecule has 0 amide bonds. The number of benzene rings is 2. The highest BCUT2D eigenvalue weighted by Crippen LogP contribution is 2.21. The molecule has 2 rings (SSSR count). The van der Waals surface area contributed by atoms with E-state index in [4.69, 9.17) is 18.9 Å². The molecular formula is C28H38O6. The number of carbonyl (C=O) groups excluding carboxylic acids is 2. The van der Waals surface area contributed by atoms with Crippen molar-refractivity contribution in [1.82, 2.24) is 0 Å². The van der Waals surface area contributed by atoms with Gasteiger partial charge in [0.15, 0.2) is 0 Å². The molecule has 0 N–H and O–H groups in total. The van der Waals surface area contributed by atoms with Crippen LogP contribution >= 0.6 is 0 Å². The van der Waals surface area contributed by atoms with Crippen LogP contribution in [0.5, 0.6) is 0 Å². The van der Waals surface area contributed by atoms with Crippen molar-refractivity contribution >= 4 is 11.9 Å². The molecule has 0 heterocycles. The average molecular weight is 471 g/mol. The minimum atomic E-state index is -0.596. The Balaban J connectivity index is 1.65. The molecule has 0 aliphatic heterocycles. The summed E-state index contributed by atoms with van der Waals surface area (Å²) < 4.78 is 22.7. The van der Waals surface area contributed by atoms with Crippen LogP contribution in [-0.4, -0.2) is 24.5 Å². The Bertz CT molecular complexity index is 767. The van der Waals surface area contributed by atoms with E-state index in [0.717, 1.165) is 11.1 Å². The molecule has 0 aromatic heterocycles. The number of rotatable bonds is 15. The molecule has 0 bridgehead atoms. The maximum absolute atomic E-state index is 12.2. The average Bonchev–Trinajstić information content (AvgIpc) is 2.86. The zero-order valence-corrected chi connectivity index (χ0v) is 20.8. The van der Waals surface area contributed by atoms with Crippen LogP contribution in [0.3, 0.4) is 0 Å². The predicted octanol–water partition coefficient (Wildman–Crippen LogP) is 6.66. The molecular weight excluding hydrogens is 432 g/mol. The van der Waals surface area contributed by atoms with E-state index in [2.05, 4.69) is 0 Å². The van der Waals surface area contributed by atoms with Crippen LogP contribution in [0.2, 0.25) is 0 Å². The topological polar surface area (TPSA) is 71.1 Å². The van der Waals surface area contributed by atoms with Gasteiger partial charge in [-0.2, -0.15) is 0 Å². The Hall–Kier alpha value is -2.70. The molecule has 4 atom stereocenters. The number of hydrogen-bond acceptors (Lipinski definition) is 6. The Morgan fingerprint density at radius 3 is 1.32 bits per heavy atom.